The molecule has 2 fully saturated rings. The molecule has 0 bridgehead atoms. The van der Waals surface area contributed by atoms with Crippen molar-refractivity contribution in [2.45, 2.75) is 31.8 Å². The maximum atomic E-state index is 5.49. The predicted molar refractivity (Wildman–Crippen MR) is 98.7 cm³/mol. The topological polar surface area (TPSA) is 54.4 Å². The van der Waals surface area contributed by atoms with Gasteiger partial charge in [0, 0.05) is 37.6 Å². The van der Waals surface area contributed by atoms with Crippen LogP contribution in [-0.2, 0) is 11.3 Å². The molecule has 0 aliphatic carbocycles. The van der Waals surface area contributed by atoms with E-state index in [0.29, 0.717) is 11.5 Å². The lowest BCUT2D eigenvalue weighted by molar-refractivity contribution is 0.106. The summed E-state index contributed by atoms with van der Waals surface area (Å²) in [6, 6.07) is 2.25. The number of hydrogen-bond acceptors (Lipinski definition) is 7. The summed E-state index contributed by atoms with van der Waals surface area (Å²) in [6.07, 6.45) is 9.17. The van der Waals surface area contributed by atoms with Crippen molar-refractivity contribution < 1.29 is 4.74 Å². The molecule has 2 aliphatic heterocycles. The lowest BCUT2D eigenvalue weighted by Crippen LogP contribution is -2.41. The standard InChI is InChI=1S/C18H25N5OS/c1-24-13-15-11-18(14-23(15)17-20-5-2-6-21-17)3-8-22(9-4-18)12-16-19-7-10-25-16/h2,5-7,10,15H,3-4,8-9,11-14H2,1H3/t15-/m1/s1. The van der Waals surface area contributed by atoms with Crippen LogP contribution in [0.4, 0.5) is 5.95 Å². The van der Waals surface area contributed by atoms with Crippen LogP contribution >= 0.6 is 11.3 Å². The molecule has 0 aromatic carbocycles. The Labute approximate surface area is 152 Å². The average molecular weight is 359 g/mol. The third-order valence-electron chi connectivity index (χ3n) is 5.54. The van der Waals surface area contributed by atoms with E-state index in [-0.39, 0.29) is 0 Å². The van der Waals surface area contributed by atoms with Crippen LogP contribution < -0.4 is 4.90 Å². The lowest BCUT2D eigenvalue weighted by atomic mass is 9.76. The summed E-state index contributed by atoms with van der Waals surface area (Å²) in [5.74, 6) is 0.839. The number of rotatable bonds is 5. The van der Waals surface area contributed by atoms with Crippen molar-refractivity contribution in [1.82, 2.24) is 19.9 Å². The van der Waals surface area contributed by atoms with Gasteiger partial charge in [0.05, 0.1) is 19.2 Å². The van der Waals surface area contributed by atoms with Crippen molar-refractivity contribution in [2.75, 3.05) is 38.3 Å². The first-order valence-corrected chi connectivity index (χ1v) is 9.79. The van der Waals surface area contributed by atoms with Crippen LogP contribution in [0.2, 0.25) is 0 Å². The maximum Gasteiger partial charge on any atom is 0.225 e. The molecule has 0 radical (unpaired) electrons. The summed E-state index contributed by atoms with van der Waals surface area (Å²) in [4.78, 5) is 18.3. The van der Waals surface area contributed by atoms with Crippen LogP contribution in [0.25, 0.3) is 0 Å². The molecular formula is C18H25N5OS. The molecule has 0 amide bonds. The third-order valence-corrected chi connectivity index (χ3v) is 6.31. The van der Waals surface area contributed by atoms with Gasteiger partial charge < -0.3 is 9.64 Å². The molecule has 2 aromatic rings. The Morgan fingerprint density at radius 1 is 1.20 bits per heavy atom. The van der Waals surface area contributed by atoms with Gasteiger partial charge in [0.1, 0.15) is 5.01 Å². The van der Waals surface area contributed by atoms with Crippen molar-refractivity contribution >= 4 is 17.3 Å². The number of aromatic nitrogens is 3. The maximum absolute atomic E-state index is 5.49. The smallest absolute Gasteiger partial charge is 0.225 e. The van der Waals surface area contributed by atoms with Crippen LogP contribution in [0.3, 0.4) is 0 Å². The van der Waals surface area contributed by atoms with Crippen LogP contribution in [0.15, 0.2) is 30.0 Å². The molecule has 6 nitrogen and oxygen atoms in total. The molecule has 1 atom stereocenters. The minimum absolute atomic E-state index is 0.363. The van der Waals surface area contributed by atoms with E-state index in [1.807, 2.05) is 24.7 Å². The van der Waals surface area contributed by atoms with Crippen molar-refractivity contribution in [3.8, 4) is 0 Å². The van der Waals surface area contributed by atoms with Gasteiger partial charge in [0.25, 0.3) is 0 Å². The first-order valence-electron chi connectivity index (χ1n) is 8.91. The third kappa shape index (κ3) is 3.68. The Morgan fingerprint density at radius 3 is 2.68 bits per heavy atom. The van der Waals surface area contributed by atoms with Gasteiger partial charge >= 0.3 is 0 Å². The second kappa shape index (κ2) is 7.35. The number of likely N-dealkylation sites (tertiary alicyclic amines) is 1. The van der Waals surface area contributed by atoms with Crippen LogP contribution in [0.1, 0.15) is 24.3 Å². The molecule has 7 heteroatoms. The second-order valence-electron chi connectivity index (χ2n) is 7.19. The minimum Gasteiger partial charge on any atom is -0.383 e. The van der Waals surface area contributed by atoms with Gasteiger partial charge in [-0.05, 0) is 43.8 Å². The fraction of sp³-hybridized carbons (Fsp3) is 0.611. The Bertz CT molecular complexity index is 657. The number of piperidine rings is 1. The van der Waals surface area contributed by atoms with Crippen LogP contribution in [0, 0.1) is 5.41 Å². The summed E-state index contributed by atoms with van der Waals surface area (Å²) < 4.78 is 5.49. The molecule has 2 aliphatic rings. The monoisotopic (exact) mass is 359 g/mol. The van der Waals surface area contributed by atoms with Crippen molar-refractivity contribution in [3.05, 3.63) is 35.0 Å². The summed E-state index contributed by atoms with van der Waals surface area (Å²) in [5, 5.41) is 3.28. The second-order valence-corrected chi connectivity index (χ2v) is 8.17. The van der Waals surface area contributed by atoms with E-state index in [1.165, 1.54) is 24.3 Å². The molecule has 25 heavy (non-hydrogen) atoms. The van der Waals surface area contributed by atoms with Crippen molar-refractivity contribution in [3.63, 3.8) is 0 Å². The van der Waals surface area contributed by atoms with E-state index in [4.69, 9.17) is 4.74 Å². The van der Waals surface area contributed by atoms with Crippen LogP contribution in [-0.4, -0.2) is 59.2 Å². The summed E-state index contributed by atoms with van der Waals surface area (Å²) >= 11 is 1.75. The normalized spacial score (nSPS) is 23.4. The van der Waals surface area contributed by atoms with E-state index in [2.05, 4.69) is 30.1 Å². The van der Waals surface area contributed by atoms with Crippen molar-refractivity contribution in [1.29, 1.82) is 0 Å². The highest BCUT2D eigenvalue weighted by Gasteiger charge is 2.46. The van der Waals surface area contributed by atoms with Gasteiger partial charge in [-0.3, -0.25) is 4.90 Å². The van der Waals surface area contributed by atoms with E-state index in [1.54, 1.807) is 18.4 Å². The molecule has 0 N–H and O–H groups in total. The molecule has 4 rings (SSSR count). The molecule has 2 saturated heterocycles. The lowest BCUT2D eigenvalue weighted by Gasteiger charge is -2.39. The SMILES string of the molecule is COC[C@H]1CC2(CCN(Cc3nccs3)CC2)CN1c1ncccn1. The minimum atomic E-state index is 0.363. The largest absolute Gasteiger partial charge is 0.383 e. The van der Waals surface area contributed by atoms with E-state index in [0.717, 1.165) is 38.7 Å². The van der Waals surface area contributed by atoms with Gasteiger partial charge in [0.2, 0.25) is 5.95 Å². The van der Waals surface area contributed by atoms with Gasteiger partial charge in [-0.1, -0.05) is 0 Å². The number of ether oxygens (including phenoxy) is 1. The average Bonchev–Trinajstić information content (AvgIpc) is 3.27. The molecule has 1 spiro atoms. The Morgan fingerprint density at radius 2 is 2.00 bits per heavy atom. The summed E-state index contributed by atoms with van der Waals surface area (Å²) in [5.41, 5.74) is 0.363. The molecule has 0 unspecified atom stereocenters. The van der Waals surface area contributed by atoms with E-state index >= 15 is 0 Å². The fourth-order valence-corrected chi connectivity index (χ4v) is 4.91. The molecule has 134 valence electrons. The highest BCUT2D eigenvalue weighted by molar-refractivity contribution is 7.09. The molecule has 0 saturated carbocycles. The highest BCUT2D eigenvalue weighted by Crippen LogP contribution is 2.44. The fourth-order valence-electron chi connectivity index (χ4n) is 4.25. The van der Waals surface area contributed by atoms with Gasteiger partial charge in [-0.25, -0.2) is 15.0 Å². The van der Waals surface area contributed by atoms with Gasteiger partial charge in [-0.15, -0.1) is 11.3 Å². The number of anilines is 1. The molecular weight excluding hydrogens is 334 g/mol. The Hall–Kier alpha value is -1.57. The van der Waals surface area contributed by atoms with Gasteiger partial charge in [-0.2, -0.15) is 0 Å². The summed E-state index contributed by atoms with van der Waals surface area (Å²) in [6.45, 7) is 5.05. The predicted octanol–water partition coefficient (Wildman–Crippen LogP) is 2.44. The van der Waals surface area contributed by atoms with E-state index in [9.17, 15) is 0 Å². The number of nitrogens with zero attached hydrogens (tertiary/aromatic N) is 5. The number of hydrogen-bond donors (Lipinski definition) is 0. The number of thiazole rings is 1. The zero-order valence-electron chi connectivity index (χ0n) is 14.7. The Balaban J connectivity index is 1.42. The number of methoxy groups -OCH3 is 1. The summed E-state index contributed by atoms with van der Waals surface area (Å²) in [7, 11) is 1.78. The molecule has 4 heterocycles. The quantitative estimate of drug-likeness (QED) is 0.817. The zero-order valence-corrected chi connectivity index (χ0v) is 15.5. The van der Waals surface area contributed by atoms with Crippen LogP contribution in [0.5, 0.6) is 0 Å². The first kappa shape index (κ1) is 16.9. The first-order chi connectivity index (χ1) is 12.3. The zero-order chi connectivity index (χ0) is 17.1. The van der Waals surface area contributed by atoms with E-state index < -0.39 is 0 Å². The van der Waals surface area contributed by atoms with Gasteiger partial charge in [0.15, 0.2) is 0 Å². The molecule has 2 aromatic heterocycles. The highest BCUT2D eigenvalue weighted by atomic mass is 32.1. The van der Waals surface area contributed by atoms with Crippen molar-refractivity contribution in [2.24, 2.45) is 5.41 Å². The Kier molecular flexibility index (Phi) is 4.96.